The Morgan fingerprint density at radius 2 is 1.23 bits per heavy atom. The highest BCUT2D eigenvalue weighted by Gasteiger charge is 1.88. The zero-order valence-electron chi connectivity index (χ0n) is 10.9. The Morgan fingerprint density at radius 1 is 0.923 bits per heavy atom. The lowest BCUT2D eigenvalue weighted by Gasteiger charge is -1.98. The van der Waals surface area contributed by atoms with Crippen molar-refractivity contribution in [2.45, 2.75) is 74.1 Å². The summed E-state index contributed by atoms with van der Waals surface area (Å²) in [6.07, 6.45) is 5.40. The molecule has 0 aromatic heterocycles. The third-order valence-corrected chi connectivity index (χ3v) is 1.14. The molecular formula is C12H32S. The fraction of sp³-hybridized carbons (Fsp3) is 1.00. The average molecular weight is 208 g/mol. The van der Waals surface area contributed by atoms with Gasteiger partial charge >= 0.3 is 0 Å². The highest BCUT2D eigenvalue weighted by Crippen LogP contribution is 2.04. The fourth-order valence-corrected chi connectivity index (χ4v) is 0.612. The predicted molar refractivity (Wildman–Crippen MR) is 72.1 cm³/mol. The summed E-state index contributed by atoms with van der Waals surface area (Å²) in [6.45, 7) is 15.0. The van der Waals surface area contributed by atoms with Crippen LogP contribution in [0.3, 0.4) is 0 Å². The maximum atomic E-state index is 2.27. The van der Waals surface area contributed by atoms with Crippen LogP contribution in [0.15, 0.2) is 0 Å². The number of hydrogen-bond donors (Lipinski definition) is 0. The Morgan fingerprint density at radius 3 is 1.31 bits per heavy atom. The third-order valence-electron chi connectivity index (χ3n) is 1.14. The Bertz CT molecular complexity index is 42.4. The van der Waals surface area contributed by atoms with E-state index in [1.165, 1.54) is 25.7 Å². The van der Waals surface area contributed by atoms with Crippen molar-refractivity contribution in [3.63, 3.8) is 0 Å². The summed E-state index contributed by atoms with van der Waals surface area (Å²) in [7, 11) is 0. The van der Waals surface area contributed by atoms with Gasteiger partial charge in [-0.2, -0.15) is 13.5 Å². The summed E-state index contributed by atoms with van der Waals surface area (Å²) in [5.41, 5.74) is 0. The van der Waals surface area contributed by atoms with Crippen molar-refractivity contribution >= 4 is 13.5 Å². The molecule has 0 saturated carbocycles. The molecule has 0 aliphatic carbocycles. The standard InChI is InChI=1S/C7H16.C3H8.C2H6.H2S/c1-4-5-6-7(2)3;1-3-2;1-2;/h7H,4-6H2,1-3H3;3H2,1-2H3;1-2H3;1H2. The molecule has 0 rings (SSSR count). The van der Waals surface area contributed by atoms with Gasteiger partial charge < -0.3 is 0 Å². The van der Waals surface area contributed by atoms with Gasteiger partial charge in [-0.1, -0.05) is 74.1 Å². The normalized spacial score (nSPS) is 7.38. The van der Waals surface area contributed by atoms with E-state index < -0.39 is 0 Å². The molecule has 0 nitrogen and oxygen atoms in total. The second kappa shape index (κ2) is 29.4. The van der Waals surface area contributed by atoms with Gasteiger partial charge in [0.2, 0.25) is 0 Å². The van der Waals surface area contributed by atoms with Gasteiger partial charge in [-0.25, -0.2) is 0 Å². The average Bonchev–Trinajstić information content (AvgIpc) is 2.06. The molecule has 1 heteroatoms. The van der Waals surface area contributed by atoms with Gasteiger partial charge in [0.1, 0.15) is 0 Å². The predicted octanol–water partition coefficient (Wildman–Crippen LogP) is 5.39. The van der Waals surface area contributed by atoms with E-state index in [4.69, 9.17) is 0 Å². The first-order chi connectivity index (χ1) is 5.68. The van der Waals surface area contributed by atoms with Crippen LogP contribution in [0.4, 0.5) is 0 Å². The quantitative estimate of drug-likeness (QED) is 0.583. The van der Waals surface area contributed by atoms with Crippen LogP contribution in [-0.2, 0) is 0 Å². The molecule has 0 heterocycles. The Kier molecular flexibility index (Phi) is 52.8. The first kappa shape index (κ1) is 23.3. The van der Waals surface area contributed by atoms with Crippen molar-refractivity contribution in [2.24, 2.45) is 5.92 Å². The lowest BCUT2D eigenvalue weighted by Crippen LogP contribution is -1.83. The SMILES string of the molecule is CC.CCC.CCCCC(C)C.S. The first-order valence-corrected chi connectivity index (χ1v) is 5.68. The summed E-state index contributed by atoms with van der Waals surface area (Å²) in [5.74, 6) is 0.903. The van der Waals surface area contributed by atoms with E-state index in [0.717, 1.165) is 5.92 Å². The second-order valence-corrected chi connectivity index (χ2v) is 3.24. The Labute approximate surface area is 94.0 Å². The van der Waals surface area contributed by atoms with Crippen molar-refractivity contribution in [1.29, 1.82) is 0 Å². The van der Waals surface area contributed by atoms with Crippen molar-refractivity contribution < 1.29 is 0 Å². The van der Waals surface area contributed by atoms with E-state index >= 15 is 0 Å². The van der Waals surface area contributed by atoms with Crippen LogP contribution in [0.2, 0.25) is 0 Å². The van der Waals surface area contributed by atoms with Crippen LogP contribution < -0.4 is 0 Å². The summed E-state index contributed by atoms with van der Waals surface area (Å²) in [5, 5.41) is 0. The number of unbranched alkanes of at least 4 members (excludes halogenated alkanes) is 1. The molecule has 0 aromatic rings. The molecule has 0 unspecified atom stereocenters. The molecule has 0 aromatic carbocycles. The first-order valence-electron chi connectivity index (χ1n) is 5.68. The van der Waals surface area contributed by atoms with E-state index in [9.17, 15) is 0 Å². The molecule has 0 amide bonds. The molecule has 13 heavy (non-hydrogen) atoms. The van der Waals surface area contributed by atoms with E-state index in [1.807, 2.05) is 13.8 Å². The summed E-state index contributed by atoms with van der Waals surface area (Å²) in [6, 6.07) is 0. The molecular weight excluding hydrogens is 176 g/mol. The van der Waals surface area contributed by atoms with Gasteiger partial charge in [0.25, 0.3) is 0 Å². The van der Waals surface area contributed by atoms with Crippen molar-refractivity contribution in [3.8, 4) is 0 Å². The van der Waals surface area contributed by atoms with E-state index in [0.29, 0.717) is 0 Å². The summed E-state index contributed by atoms with van der Waals surface area (Å²) in [4.78, 5) is 0. The topological polar surface area (TPSA) is 0 Å². The molecule has 86 valence electrons. The highest BCUT2D eigenvalue weighted by molar-refractivity contribution is 7.59. The molecule has 0 N–H and O–H groups in total. The van der Waals surface area contributed by atoms with Gasteiger partial charge in [-0.05, 0) is 5.92 Å². The Balaban J connectivity index is -0.0000000581. The maximum absolute atomic E-state index is 2.27. The minimum atomic E-state index is 0. The van der Waals surface area contributed by atoms with Gasteiger partial charge in [0.15, 0.2) is 0 Å². The van der Waals surface area contributed by atoms with Gasteiger partial charge in [-0.3, -0.25) is 0 Å². The molecule has 0 radical (unpaired) electrons. The number of hydrogen-bond acceptors (Lipinski definition) is 0. The zero-order valence-corrected chi connectivity index (χ0v) is 11.9. The van der Waals surface area contributed by atoms with Crippen LogP contribution in [0.25, 0.3) is 0 Å². The molecule has 0 aliphatic heterocycles. The lowest BCUT2D eigenvalue weighted by molar-refractivity contribution is 0.550. The number of rotatable bonds is 3. The van der Waals surface area contributed by atoms with Crippen molar-refractivity contribution in [2.75, 3.05) is 0 Å². The maximum Gasteiger partial charge on any atom is -0.0471 e. The minimum Gasteiger partial charge on any atom is -0.197 e. The minimum absolute atomic E-state index is 0. The highest BCUT2D eigenvalue weighted by atomic mass is 32.1. The molecule has 0 saturated heterocycles. The van der Waals surface area contributed by atoms with Crippen LogP contribution in [0.5, 0.6) is 0 Å². The van der Waals surface area contributed by atoms with E-state index in [2.05, 4.69) is 34.6 Å². The van der Waals surface area contributed by atoms with Crippen LogP contribution >= 0.6 is 13.5 Å². The molecule has 0 aliphatic rings. The molecule has 0 atom stereocenters. The largest absolute Gasteiger partial charge is 0.197 e. The fourth-order valence-electron chi connectivity index (χ4n) is 0.612. The van der Waals surface area contributed by atoms with Gasteiger partial charge in [0, 0.05) is 0 Å². The van der Waals surface area contributed by atoms with Crippen LogP contribution in [-0.4, -0.2) is 0 Å². The van der Waals surface area contributed by atoms with E-state index in [-0.39, 0.29) is 13.5 Å². The molecule has 0 bridgehead atoms. The summed E-state index contributed by atoms with van der Waals surface area (Å²) < 4.78 is 0. The molecule has 0 spiro atoms. The Hall–Kier alpha value is 0.350. The van der Waals surface area contributed by atoms with Gasteiger partial charge in [0.05, 0.1) is 0 Å². The zero-order chi connectivity index (χ0) is 10.4. The van der Waals surface area contributed by atoms with Crippen LogP contribution in [0.1, 0.15) is 74.1 Å². The van der Waals surface area contributed by atoms with Crippen molar-refractivity contribution in [3.05, 3.63) is 0 Å². The monoisotopic (exact) mass is 208 g/mol. The van der Waals surface area contributed by atoms with Crippen molar-refractivity contribution in [1.82, 2.24) is 0 Å². The lowest BCUT2D eigenvalue weighted by atomic mass is 10.1. The van der Waals surface area contributed by atoms with Gasteiger partial charge in [-0.15, -0.1) is 0 Å². The second-order valence-electron chi connectivity index (χ2n) is 3.24. The van der Waals surface area contributed by atoms with E-state index in [1.54, 1.807) is 0 Å². The molecule has 0 fully saturated rings. The smallest absolute Gasteiger partial charge is 0.0471 e. The summed E-state index contributed by atoms with van der Waals surface area (Å²) >= 11 is 0. The van der Waals surface area contributed by atoms with Crippen LogP contribution in [0, 0.1) is 5.92 Å². The third kappa shape index (κ3) is 69.9.